The van der Waals surface area contributed by atoms with Gasteiger partial charge in [-0.2, -0.15) is 4.98 Å². The second kappa shape index (κ2) is 4.77. The first kappa shape index (κ1) is 12.3. The second-order valence-corrected chi connectivity index (χ2v) is 4.56. The highest BCUT2D eigenvalue weighted by atomic mass is 16.3. The summed E-state index contributed by atoms with van der Waals surface area (Å²) in [7, 11) is 0. The molecule has 2 aromatic heterocycles. The van der Waals surface area contributed by atoms with Crippen LogP contribution in [0.1, 0.15) is 12.5 Å². The summed E-state index contributed by atoms with van der Waals surface area (Å²) in [6.45, 7) is 3.41. The molecule has 5 heteroatoms. The number of hydrogen-bond donors (Lipinski definition) is 1. The molecule has 0 spiro atoms. The van der Waals surface area contributed by atoms with E-state index in [9.17, 15) is 4.79 Å². The van der Waals surface area contributed by atoms with Gasteiger partial charge in [0.2, 0.25) is 11.8 Å². The quantitative estimate of drug-likeness (QED) is 0.774. The molecule has 1 aromatic carbocycles. The Kier molecular flexibility index (Phi) is 2.95. The van der Waals surface area contributed by atoms with E-state index >= 15 is 0 Å². The second-order valence-electron chi connectivity index (χ2n) is 4.56. The van der Waals surface area contributed by atoms with Gasteiger partial charge in [0, 0.05) is 24.4 Å². The number of carbonyl (C=O) groups is 1. The van der Waals surface area contributed by atoms with E-state index in [2.05, 4.69) is 15.3 Å². The van der Waals surface area contributed by atoms with Gasteiger partial charge in [-0.25, -0.2) is 4.98 Å². The number of nitrogens with one attached hydrogen (secondary N) is 1. The van der Waals surface area contributed by atoms with Crippen LogP contribution in [0.15, 0.2) is 40.9 Å². The highest BCUT2D eigenvalue weighted by Gasteiger charge is 2.10. The Labute approximate surface area is 115 Å². The minimum absolute atomic E-state index is 0.107. The highest BCUT2D eigenvalue weighted by molar-refractivity contribution is 5.90. The third-order valence-corrected chi connectivity index (χ3v) is 2.96. The minimum Gasteiger partial charge on any atom is -0.434 e. The van der Waals surface area contributed by atoms with Crippen molar-refractivity contribution in [3.63, 3.8) is 0 Å². The van der Waals surface area contributed by atoms with Crippen LogP contribution < -0.4 is 5.32 Å². The summed E-state index contributed by atoms with van der Waals surface area (Å²) in [5, 5.41) is 2.79. The van der Waals surface area contributed by atoms with E-state index in [4.69, 9.17) is 4.42 Å². The maximum absolute atomic E-state index is 11.2. The van der Waals surface area contributed by atoms with Crippen molar-refractivity contribution in [2.24, 2.45) is 0 Å². The molecule has 3 aromatic rings. The van der Waals surface area contributed by atoms with E-state index in [0.717, 1.165) is 16.8 Å². The van der Waals surface area contributed by atoms with E-state index in [1.165, 1.54) is 6.92 Å². The largest absolute Gasteiger partial charge is 0.434 e. The van der Waals surface area contributed by atoms with Crippen LogP contribution in [0, 0.1) is 6.92 Å². The number of pyridine rings is 1. The minimum atomic E-state index is -0.107. The van der Waals surface area contributed by atoms with Gasteiger partial charge in [0.05, 0.1) is 0 Å². The molecule has 0 fully saturated rings. The zero-order valence-corrected chi connectivity index (χ0v) is 11.2. The third-order valence-electron chi connectivity index (χ3n) is 2.96. The van der Waals surface area contributed by atoms with Gasteiger partial charge >= 0.3 is 0 Å². The first-order chi connectivity index (χ1) is 9.63. The number of amides is 1. The van der Waals surface area contributed by atoms with Crippen molar-refractivity contribution in [2.75, 3.05) is 5.32 Å². The molecule has 100 valence electrons. The van der Waals surface area contributed by atoms with Crippen molar-refractivity contribution >= 4 is 22.8 Å². The number of aromatic nitrogens is 2. The Morgan fingerprint density at radius 3 is 2.90 bits per heavy atom. The zero-order chi connectivity index (χ0) is 14.1. The predicted octanol–water partition coefficient (Wildman–Crippen LogP) is 3.16. The summed E-state index contributed by atoms with van der Waals surface area (Å²) in [6.07, 6.45) is 1.67. The van der Waals surface area contributed by atoms with Gasteiger partial charge in [-0.1, -0.05) is 6.07 Å². The van der Waals surface area contributed by atoms with Crippen molar-refractivity contribution in [3.8, 4) is 11.5 Å². The lowest BCUT2D eigenvalue weighted by molar-refractivity contribution is -0.114. The highest BCUT2D eigenvalue weighted by Crippen LogP contribution is 2.27. The molecule has 20 heavy (non-hydrogen) atoms. The first-order valence-electron chi connectivity index (χ1n) is 6.23. The molecule has 1 N–H and O–H groups in total. The van der Waals surface area contributed by atoms with Crippen LogP contribution in [0.2, 0.25) is 0 Å². The maximum atomic E-state index is 11.2. The normalized spacial score (nSPS) is 10.7. The average molecular weight is 267 g/mol. The van der Waals surface area contributed by atoms with Crippen molar-refractivity contribution in [1.82, 2.24) is 9.97 Å². The van der Waals surface area contributed by atoms with Crippen LogP contribution >= 0.6 is 0 Å². The summed E-state index contributed by atoms with van der Waals surface area (Å²) in [5.41, 5.74) is 3.76. The summed E-state index contributed by atoms with van der Waals surface area (Å²) in [4.78, 5) is 19.7. The van der Waals surface area contributed by atoms with Gasteiger partial charge in [-0.15, -0.1) is 0 Å². The van der Waals surface area contributed by atoms with E-state index in [1.54, 1.807) is 12.3 Å². The van der Waals surface area contributed by atoms with Crippen molar-refractivity contribution in [2.45, 2.75) is 13.8 Å². The number of benzene rings is 1. The molecular weight excluding hydrogens is 254 g/mol. The molecule has 0 atom stereocenters. The maximum Gasteiger partial charge on any atom is 0.228 e. The molecule has 0 radical (unpaired) electrons. The Bertz CT molecular complexity index is 760. The molecule has 0 aliphatic carbocycles. The fourth-order valence-corrected chi connectivity index (χ4v) is 1.97. The van der Waals surface area contributed by atoms with Crippen molar-refractivity contribution < 1.29 is 9.21 Å². The lowest BCUT2D eigenvalue weighted by Crippen LogP contribution is -2.07. The topological polar surface area (TPSA) is 68.0 Å². The number of oxazole rings is 1. The van der Waals surface area contributed by atoms with E-state index < -0.39 is 0 Å². The number of carbonyl (C=O) groups excluding carboxylic acids is 1. The fraction of sp³-hybridized carbons (Fsp3) is 0.133. The third kappa shape index (κ3) is 2.25. The van der Waals surface area contributed by atoms with Crippen molar-refractivity contribution in [1.29, 1.82) is 0 Å². The molecule has 0 bridgehead atoms. The summed E-state index contributed by atoms with van der Waals surface area (Å²) in [6, 6.07) is 9.30. The summed E-state index contributed by atoms with van der Waals surface area (Å²) < 4.78 is 5.67. The van der Waals surface area contributed by atoms with E-state index in [1.807, 2.05) is 31.2 Å². The van der Waals surface area contributed by atoms with E-state index in [-0.39, 0.29) is 5.91 Å². The lowest BCUT2D eigenvalue weighted by Gasteiger charge is -2.07. The molecular formula is C15H13N3O2. The monoisotopic (exact) mass is 267 g/mol. The molecule has 0 aliphatic heterocycles. The van der Waals surface area contributed by atoms with Crippen LogP contribution in [-0.2, 0) is 4.79 Å². The molecule has 0 unspecified atom stereocenters. The molecule has 3 rings (SSSR count). The SMILES string of the molecule is CC(=O)Nc1cc(-c2nc3ncccc3o2)ccc1C. The average Bonchev–Trinajstić information content (AvgIpc) is 2.84. The molecule has 5 nitrogen and oxygen atoms in total. The number of aryl methyl sites for hydroxylation is 1. The predicted molar refractivity (Wildman–Crippen MR) is 76.3 cm³/mol. The van der Waals surface area contributed by atoms with E-state index in [0.29, 0.717) is 17.1 Å². The van der Waals surface area contributed by atoms with Crippen LogP contribution in [0.4, 0.5) is 5.69 Å². The molecule has 2 heterocycles. The van der Waals surface area contributed by atoms with Gasteiger partial charge in [0.15, 0.2) is 11.2 Å². The molecule has 0 saturated heterocycles. The number of anilines is 1. The van der Waals surface area contributed by atoms with Gasteiger partial charge < -0.3 is 9.73 Å². The zero-order valence-electron chi connectivity index (χ0n) is 11.2. The summed E-state index contributed by atoms with van der Waals surface area (Å²) >= 11 is 0. The Hall–Kier alpha value is -2.69. The Morgan fingerprint density at radius 1 is 1.30 bits per heavy atom. The number of fused-ring (bicyclic) bond motifs is 1. The van der Waals surface area contributed by atoms with Crippen LogP contribution in [0.3, 0.4) is 0 Å². The van der Waals surface area contributed by atoms with Gasteiger partial charge in [0.1, 0.15) is 0 Å². The smallest absolute Gasteiger partial charge is 0.228 e. The van der Waals surface area contributed by atoms with Gasteiger partial charge in [-0.05, 0) is 36.8 Å². The fourth-order valence-electron chi connectivity index (χ4n) is 1.97. The number of nitrogens with zero attached hydrogens (tertiary/aromatic N) is 2. The number of rotatable bonds is 2. The van der Waals surface area contributed by atoms with Crippen LogP contribution in [0.25, 0.3) is 22.7 Å². The van der Waals surface area contributed by atoms with Crippen molar-refractivity contribution in [3.05, 3.63) is 42.1 Å². The lowest BCUT2D eigenvalue weighted by atomic mass is 10.1. The van der Waals surface area contributed by atoms with Crippen LogP contribution in [-0.4, -0.2) is 15.9 Å². The van der Waals surface area contributed by atoms with Crippen LogP contribution in [0.5, 0.6) is 0 Å². The van der Waals surface area contributed by atoms with Gasteiger partial charge in [-0.3, -0.25) is 4.79 Å². The summed E-state index contributed by atoms with van der Waals surface area (Å²) in [5.74, 6) is 0.384. The van der Waals surface area contributed by atoms with Gasteiger partial charge in [0.25, 0.3) is 0 Å². The standard InChI is InChI=1S/C15H13N3O2/c1-9-5-6-11(8-12(9)17-10(2)19)15-18-14-13(20-15)4-3-7-16-14/h3-8H,1-2H3,(H,17,19). The Morgan fingerprint density at radius 2 is 2.15 bits per heavy atom. The first-order valence-corrected chi connectivity index (χ1v) is 6.23. The number of hydrogen-bond acceptors (Lipinski definition) is 4. The molecule has 1 amide bonds. The molecule has 0 aliphatic rings. The molecule has 0 saturated carbocycles. The Balaban J connectivity index is 2.07.